The Balaban J connectivity index is -0.0000000370. The van der Waals surface area contributed by atoms with Crippen molar-refractivity contribution in [1.29, 1.82) is 0 Å². The van der Waals surface area contributed by atoms with E-state index in [9.17, 15) is 0 Å². The van der Waals surface area contributed by atoms with Crippen LogP contribution < -0.4 is 123 Å². The zero-order valence-electron chi connectivity index (χ0n) is 7.57. The molecule has 0 aromatic rings. The largest absolute Gasteiger partial charge is 2.00 e. The normalized spacial score (nSPS) is 5.87. The van der Waals surface area contributed by atoms with E-state index in [4.69, 9.17) is 39.6 Å². The van der Waals surface area contributed by atoms with Crippen molar-refractivity contribution in [2.24, 2.45) is 0 Å². The van der Waals surface area contributed by atoms with Crippen molar-refractivity contribution in [1.82, 2.24) is 0 Å². The summed E-state index contributed by atoms with van der Waals surface area (Å²) in [5.41, 5.74) is 0. The van der Waals surface area contributed by atoms with Crippen LogP contribution in [-0.2, 0) is 36.2 Å². The average molecular weight is 318 g/mol. The first-order valence-electron chi connectivity index (χ1n) is 2.13. The summed E-state index contributed by atoms with van der Waals surface area (Å²) in [6.45, 7) is 0. The van der Waals surface area contributed by atoms with E-state index >= 15 is 0 Å². The number of aliphatic carboxylic acids is 4. The van der Waals surface area contributed by atoms with Crippen LogP contribution in [0.3, 0.4) is 0 Å². The molecule has 0 bridgehead atoms. The zero-order valence-corrected chi connectivity index (χ0v) is 14.8. The van der Waals surface area contributed by atoms with Gasteiger partial charge < -0.3 is 39.6 Å². The molecule has 15 heavy (non-hydrogen) atoms. The molecule has 0 saturated heterocycles. The minimum atomic E-state index is -2.19. The van der Waals surface area contributed by atoms with E-state index in [1.54, 1.807) is 0 Å². The zero-order chi connectivity index (χ0) is 10.3. The Morgan fingerprint density at radius 1 is 0.533 bits per heavy atom. The molecule has 0 aliphatic carbocycles. The molecule has 77 valence electrons. The van der Waals surface area contributed by atoms with Crippen molar-refractivity contribution in [2.45, 2.75) is 0 Å². The van der Waals surface area contributed by atoms with Gasteiger partial charge >= 0.3 is 120 Å². The van der Waals surface area contributed by atoms with Gasteiger partial charge in [-0.3, -0.25) is 0 Å². The summed E-state index contributed by atoms with van der Waals surface area (Å²) in [5.74, 6) is -8.74. The predicted octanol–water partition coefficient (Wildman–Crippen LogP) is -13.0. The molecule has 0 saturated carbocycles. The third-order valence-electron chi connectivity index (χ3n) is 0.333. The van der Waals surface area contributed by atoms with Crippen LogP contribution in [-0.4, -0.2) is 23.9 Å². The number of rotatable bonds is 0. The molecule has 0 unspecified atom stereocenters. The Morgan fingerprint density at radius 3 is 0.600 bits per heavy atom. The van der Waals surface area contributed by atoms with Gasteiger partial charge in [0.15, 0.2) is 0 Å². The smallest absolute Gasteiger partial charge is 0.543 e. The van der Waals surface area contributed by atoms with Crippen molar-refractivity contribution >= 4 is 23.9 Å². The monoisotopic (exact) mass is 317 g/mol. The van der Waals surface area contributed by atoms with Gasteiger partial charge in [0.1, 0.15) is 0 Å². The van der Waals surface area contributed by atoms with E-state index in [1.165, 1.54) is 0 Å². The van der Waals surface area contributed by atoms with Crippen LogP contribution >= 0.6 is 0 Å². The topological polar surface area (TPSA) is 161 Å². The van der Waals surface area contributed by atoms with Gasteiger partial charge in [0.25, 0.3) is 0 Å². The van der Waals surface area contributed by atoms with Gasteiger partial charge in [-0.2, -0.15) is 0 Å². The molecule has 8 nitrogen and oxygen atoms in total. The summed E-state index contributed by atoms with van der Waals surface area (Å²) in [7, 11) is 0. The molecular weight excluding hydrogens is 318 g/mol. The standard InChI is InChI=1S/2C2H2O4.Cu.2K/c2*3-1(4)2(5)6;;;/h2*(H,3,4)(H,5,6);;;/q;;+2;2*+1/p-4. The van der Waals surface area contributed by atoms with Gasteiger partial charge in [0.2, 0.25) is 0 Å². The van der Waals surface area contributed by atoms with Gasteiger partial charge in [0, 0.05) is 0 Å². The van der Waals surface area contributed by atoms with Crippen LogP contribution in [0.5, 0.6) is 0 Å². The molecule has 11 heteroatoms. The quantitative estimate of drug-likeness (QED) is 0.314. The summed E-state index contributed by atoms with van der Waals surface area (Å²) >= 11 is 0. The molecule has 0 aliphatic heterocycles. The number of hydrogen-bond acceptors (Lipinski definition) is 8. The predicted molar refractivity (Wildman–Crippen MR) is 20.0 cm³/mol. The van der Waals surface area contributed by atoms with E-state index in [0.717, 1.165) is 0 Å². The van der Waals surface area contributed by atoms with Crippen LogP contribution in [0, 0.1) is 0 Å². The maximum absolute atomic E-state index is 8.93. The first kappa shape index (κ1) is 30.1. The molecule has 0 N–H and O–H groups in total. The van der Waals surface area contributed by atoms with Crippen LogP contribution in [0.2, 0.25) is 0 Å². The summed E-state index contributed by atoms with van der Waals surface area (Å²) in [5, 5.41) is 35.7. The van der Waals surface area contributed by atoms with E-state index in [2.05, 4.69) is 0 Å². The maximum atomic E-state index is 8.93. The van der Waals surface area contributed by atoms with Crippen molar-refractivity contribution in [3.63, 3.8) is 0 Å². The molecular formula is C4CuK2O8. The van der Waals surface area contributed by atoms with Gasteiger partial charge in [-0.1, -0.05) is 0 Å². The van der Waals surface area contributed by atoms with Gasteiger partial charge in [0.05, 0.1) is 23.9 Å². The number of carboxylic acid groups (broad SMARTS) is 4. The summed E-state index contributed by atoms with van der Waals surface area (Å²) in [6, 6.07) is 0. The Morgan fingerprint density at radius 2 is 0.600 bits per heavy atom. The molecule has 0 atom stereocenters. The molecule has 0 aliphatic rings. The minimum Gasteiger partial charge on any atom is -0.543 e. The second kappa shape index (κ2) is 18.0. The molecule has 0 aromatic carbocycles. The Hall–Kier alpha value is 1.67. The van der Waals surface area contributed by atoms with Gasteiger partial charge in [-0.05, 0) is 0 Å². The summed E-state index contributed by atoms with van der Waals surface area (Å²) in [4.78, 5) is 35.7. The number of carboxylic acids is 4. The summed E-state index contributed by atoms with van der Waals surface area (Å²) in [6.07, 6.45) is 0. The number of carbonyl (C=O) groups is 4. The number of hydrogen-bond donors (Lipinski definition) is 0. The van der Waals surface area contributed by atoms with Crippen LogP contribution in [0.4, 0.5) is 0 Å². The minimum absolute atomic E-state index is 0. The Labute approximate surface area is 179 Å². The third kappa shape index (κ3) is 31.3. The Bertz CT molecular complexity index is 181. The Kier molecular flexibility index (Phi) is 36.2. The average Bonchev–Trinajstić information content (AvgIpc) is 1.88. The first-order chi connectivity index (χ1) is 5.29. The molecule has 0 aromatic heterocycles. The second-order valence-electron chi connectivity index (χ2n) is 1.15. The van der Waals surface area contributed by atoms with Crippen LogP contribution in [0.1, 0.15) is 0 Å². The van der Waals surface area contributed by atoms with Crippen molar-refractivity contribution in [3.8, 4) is 0 Å². The van der Waals surface area contributed by atoms with Crippen molar-refractivity contribution < 1.29 is 159 Å². The second-order valence-corrected chi connectivity index (χ2v) is 1.15. The van der Waals surface area contributed by atoms with Crippen molar-refractivity contribution in [3.05, 3.63) is 0 Å². The maximum Gasteiger partial charge on any atom is 2.00 e. The van der Waals surface area contributed by atoms with E-state index in [-0.39, 0.29) is 120 Å². The molecule has 0 fully saturated rings. The molecule has 1 radical (unpaired) electrons. The van der Waals surface area contributed by atoms with E-state index in [0.29, 0.717) is 0 Å². The first-order valence-corrected chi connectivity index (χ1v) is 2.13. The SMILES string of the molecule is O=C([O-])C(=O)[O-].O=C([O-])C(=O)[O-].[Cu+2].[K+].[K+]. The van der Waals surface area contributed by atoms with E-state index < -0.39 is 23.9 Å². The molecule has 0 rings (SSSR count). The molecule has 0 amide bonds. The molecule has 0 heterocycles. The molecule has 0 spiro atoms. The van der Waals surface area contributed by atoms with E-state index in [1.807, 2.05) is 0 Å². The fourth-order valence-corrected chi connectivity index (χ4v) is 0. The van der Waals surface area contributed by atoms with Crippen LogP contribution in [0.25, 0.3) is 0 Å². The third-order valence-corrected chi connectivity index (χ3v) is 0.333. The summed E-state index contributed by atoms with van der Waals surface area (Å²) < 4.78 is 0. The fraction of sp³-hybridized carbons (Fsp3) is 0. The van der Waals surface area contributed by atoms with Crippen LogP contribution in [0.15, 0.2) is 0 Å². The van der Waals surface area contributed by atoms with Gasteiger partial charge in [-0.25, -0.2) is 0 Å². The number of carbonyl (C=O) groups excluding carboxylic acids is 4. The fourth-order valence-electron chi connectivity index (χ4n) is 0. The van der Waals surface area contributed by atoms with Gasteiger partial charge in [-0.15, -0.1) is 0 Å². The van der Waals surface area contributed by atoms with Crippen molar-refractivity contribution in [2.75, 3.05) is 0 Å².